The fourth-order valence-corrected chi connectivity index (χ4v) is 3.37. The van der Waals surface area contributed by atoms with Crippen LogP contribution in [0.15, 0.2) is 91.5 Å². The summed E-state index contributed by atoms with van der Waals surface area (Å²) in [5.74, 6) is 1.36. The van der Waals surface area contributed by atoms with Gasteiger partial charge in [-0.1, -0.05) is 67.2 Å². The second-order valence-corrected chi connectivity index (χ2v) is 7.10. The number of pyridine rings is 1. The number of fused-ring (bicyclic) bond motifs is 1. The van der Waals surface area contributed by atoms with E-state index < -0.39 is 0 Å². The van der Waals surface area contributed by atoms with Crippen LogP contribution in [0, 0.1) is 0 Å². The molecule has 0 atom stereocenters. The summed E-state index contributed by atoms with van der Waals surface area (Å²) in [6, 6.07) is 28.0. The van der Waals surface area contributed by atoms with Crippen molar-refractivity contribution in [1.82, 2.24) is 25.6 Å². The van der Waals surface area contributed by atoms with Crippen LogP contribution in [0.25, 0.3) is 27.9 Å². The third kappa shape index (κ3) is 4.04. The molecule has 0 aliphatic carbocycles. The summed E-state index contributed by atoms with van der Waals surface area (Å²) in [5.41, 5.74) is 5.76. The summed E-state index contributed by atoms with van der Waals surface area (Å²) < 4.78 is 5.92. The van der Waals surface area contributed by atoms with Crippen LogP contribution in [-0.2, 0) is 6.61 Å². The van der Waals surface area contributed by atoms with Crippen molar-refractivity contribution in [3.05, 3.63) is 108 Å². The second-order valence-electron chi connectivity index (χ2n) is 7.10. The third-order valence-electron chi connectivity index (χ3n) is 5.08. The Hall–Kier alpha value is -4.32. The standard InChI is InChI=1S/C25H19N5O/c1-17(18-6-8-21(9-7-18)25-27-29-30-28-25)19-11-14-23(15-12-19)31-16-22-13-10-20-4-2-3-5-24(20)26-22/h2-15H,1,16H2,(H,27,28,29,30). The summed E-state index contributed by atoms with van der Waals surface area (Å²) in [5, 5.41) is 15.2. The molecule has 0 amide bonds. The van der Waals surface area contributed by atoms with Crippen molar-refractivity contribution >= 4 is 16.5 Å². The molecule has 2 aromatic heterocycles. The molecule has 1 N–H and O–H groups in total. The van der Waals surface area contributed by atoms with Crippen LogP contribution in [0.3, 0.4) is 0 Å². The van der Waals surface area contributed by atoms with Crippen LogP contribution < -0.4 is 4.74 Å². The van der Waals surface area contributed by atoms with E-state index in [1.165, 1.54) is 0 Å². The van der Waals surface area contributed by atoms with E-state index in [9.17, 15) is 0 Å². The lowest BCUT2D eigenvalue weighted by Gasteiger charge is -2.10. The molecule has 0 unspecified atom stereocenters. The minimum absolute atomic E-state index is 0.419. The van der Waals surface area contributed by atoms with Gasteiger partial charge in [0.2, 0.25) is 5.82 Å². The first-order valence-corrected chi connectivity index (χ1v) is 9.87. The van der Waals surface area contributed by atoms with E-state index in [-0.39, 0.29) is 0 Å². The van der Waals surface area contributed by atoms with Gasteiger partial charge in [-0.25, -0.2) is 4.98 Å². The smallest absolute Gasteiger partial charge is 0.204 e. The van der Waals surface area contributed by atoms with Crippen LogP contribution >= 0.6 is 0 Å². The van der Waals surface area contributed by atoms with E-state index in [0.29, 0.717) is 12.4 Å². The first kappa shape index (κ1) is 18.7. The maximum atomic E-state index is 5.92. The number of aromatic amines is 1. The van der Waals surface area contributed by atoms with Crippen molar-refractivity contribution in [1.29, 1.82) is 0 Å². The number of benzene rings is 3. The van der Waals surface area contributed by atoms with Gasteiger partial charge in [0.1, 0.15) is 12.4 Å². The summed E-state index contributed by atoms with van der Waals surface area (Å²) >= 11 is 0. The summed E-state index contributed by atoms with van der Waals surface area (Å²) in [6.07, 6.45) is 0. The van der Waals surface area contributed by atoms with E-state index in [0.717, 1.165) is 44.6 Å². The Morgan fingerprint density at radius 3 is 2.32 bits per heavy atom. The summed E-state index contributed by atoms with van der Waals surface area (Å²) in [7, 11) is 0. The molecule has 0 aliphatic heterocycles. The Bertz CT molecular complexity index is 1330. The number of H-pyrrole nitrogens is 1. The van der Waals surface area contributed by atoms with Gasteiger partial charge in [-0.2, -0.15) is 5.21 Å². The maximum absolute atomic E-state index is 5.92. The fourth-order valence-electron chi connectivity index (χ4n) is 3.37. The minimum atomic E-state index is 0.419. The molecule has 6 heteroatoms. The molecular formula is C25H19N5O. The zero-order valence-electron chi connectivity index (χ0n) is 16.7. The second kappa shape index (κ2) is 8.20. The largest absolute Gasteiger partial charge is 0.487 e. The molecule has 150 valence electrons. The van der Waals surface area contributed by atoms with E-state index in [1.54, 1.807) is 0 Å². The number of aromatic nitrogens is 5. The predicted molar refractivity (Wildman–Crippen MR) is 120 cm³/mol. The van der Waals surface area contributed by atoms with Crippen LogP contribution in [0.4, 0.5) is 0 Å². The molecule has 0 aliphatic rings. The molecule has 0 saturated carbocycles. The molecule has 0 radical (unpaired) electrons. The van der Waals surface area contributed by atoms with Gasteiger partial charge in [0.15, 0.2) is 0 Å². The molecule has 0 saturated heterocycles. The van der Waals surface area contributed by atoms with Crippen LogP contribution in [-0.4, -0.2) is 25.6 Å². The van der Waals surface area contributed by atoms with Gasteiger partial charge in [0, 0.05) is 10.9 Å². The normalized spacial score (nSPS) is 10.8. The number of ether oxygens (including phenoxy) is 1. The van der Waals surface area contributed by atoms with Crippen LogP contribution in [0.2, 0.25) is 0 Å². The number of tetrazole rings is 1. The van der Waals surface area contributed by atoms with Gasteiger partial charge in [0.05, 0.1) is 11.2 Å². The van der Waals surface area contributed by atoms with E-state index >= 15 is 0 Å². The SMILES string of the molecule is C=C(c1ccc(OCc2ccc3ccccc3n2)cc1)c1ccc(-c2nn[nH]n2)cc1. The average Bonchev–Trinajstić information content (AvgIpc) is 3.38. The number of rotatable bonds is 6. The summed E-state index contributed by atoms with van der Waals surface area (Å²) in [4.78, 5) is 4.65. The highest BCUT2D eigenvalue weighted by Gasteiger charge is 2.07. The highest BCUT2D eigenvalue weighted by atomic mass is 16.5. The number of para-hydroxylation sites is 1. The Labute approximate surface area is 179 Å². The van der Waals surface area contributed by atoms with E-state index in [2.05, 4.69) is 44.3 Å². The topological polar surface area (TPSA) is 76.6 Å². The molecule has 31 heavy (non-hydrogen) atoms. The van der Waals surface area contributed by atoms with Gasteiger partial charge >= 0.3 is 0 Å². The average molecular weight is 405 g/mol. The van der Waals surface area contributed by atoms with Gasteiger partial charge in [-0.05, 0) is 46.2 Å². The van der Waals surface area contributed by atoms with Crippen LogP contribution in [0.1, 0.15) is 16.8 Å². The lowest BCUT2D eigenvalue weighted by Crippen LogP contribution is -1.98. The molecule has 0 fully saturated rings. The quantitative estimate of drug-likeness (QED) is 0.427. The lowest BCUT2D eigenvalue weighted by molar-refractivity contribution is 0.302. The number of hydrogen-bond donors (Lipinski definition) is 1. The van der Waals surface area contributed by atoms with E-state index in [4.69, 9.17) is 4.74 Å². The molecule has 6 nitrogen and oxygen atoms in total. The van der Waals surface area contributed by atoms with Crippen LogP contribution in [0.5, 0.6) is 5.75 Å². The van der Waals surface area contributed by atoms with E-state index in [1.807, 2.05) is 72.8 Å². The Morgan fingerprint density at radius 1 is 0.839 bits per heavy atom. The van der Waals surface area contributed by atoms with Gasteiger partial charge in [-0.15, -0.1) is 10.2 Å². The van der Waals surface area contributed by atoms with Crippen molar-refractivity contribution in [2.45, 2.75) is 6.61 Å². The number of hydrogen-bond acceptors (Lipinski definition) is 5. The molecule has 0 bridgehead atoms. The molecule has 5 rings (SSSR count). The fraction of sp³-hybridized carbons (Fsp3) is 0.0400. The zero-order valence-corrected chi connectivity index (χ0v) is 16.7. The minimum Gasteiger partial charge on any atom is -0.487 e. The van der Waals surface area contributed by atoms with Crippen molar-refractivity contribution in [3.63, 3.8) is 0 Å². The van der Waals surface area contributed by atoms with Crippen molar-refractivity contribution in [2.24, 2.45) is 0 Å². The van der Waals surface area contributed by atoms with Gasteiger partial charge < -0.3 is 4.74 Å². The number of nitrogens with zero attached hydrogens (tertiary/aromatic N) is 4. The van der Waals surface area contributed by atoms with Crippen molar-refractivity contribution in [2.75, 3.05) is 0 Å². The first-order valence-electron chi connectivity index (χ1n) is 9.87. The van der Waals surface area contributed by atoms with Gasteiger partial charge in [-0.3, -0.25) is 0 Å². The maximum Gasteiger partial charge on any atom is 0.204 e. The number of nitrogens with one attached hydrogen (secondary N) is 1. The zero-order chi connectivity index (χ0) is 21.0. The Kier molecular flexibility index (Phi) is 4.94. The lowest BCUT2D eigenvalue weighted by atomic mass is 9.98. The predicted octanol–water partition coefficient (Wildman–Crippen LogP) is 5.06. The highest BCUT2D eigenvalue weighted by molar-refractivity contribution is 5.79. The molecule has 3 aromatic carbocycles. The molecule has 5 aromatic rings. The Morgan fingerprint density at radius 2 is 1.58 bits per heavy atom. The van der Waals surface area contributed by atoms with Crippen molar-refractivity contribution < 1.29 is 4.74 Å². The first-order chi connectivity index (χ1) is 15.3. The summed E-state index contributed by atoms with van der Waals surface area (Å²) in [6.45, 7) is 4.66. The van der Waals surface area contributed by atoms with Crippen molar-refractivity contribution in [3.8, 4) is 17.1 Å². The Balaban J connectivity index is 1.25. The molecular weight excluding hydrogens is 386 g/mol. The monoisotopic (exact) mass is 405 g/mol. The van der Waals surface area contributed by atoms with Gasteiger partial charge in [0.25, 0.3) is 0 Å². The highest BCUT2D eigenvalue weighted by Crippen LogP contribution is 2.26. The molecule has 2 heterocycles. The third-order valence-corrected chi connectivity index (χ3v) is 5.08. The molecule has 0 spiro atoms.